The number of benzene rings is 3. The normalized spacial score (nSPS) is 10.9. The van der Waals surface area contributed by atoms with E-state index in [-0.39, 0.29) is 11.7 Å². The summed E-state index contributed by atoms with van der Waals surface area (Å²) >= 11 is 7.22. The number of carbonyl (C=O) groups excluding carboxylic acids is 1. The van der Waals surface area contributed by atoms with E-state index in [4.69, 9.17) is 11.6 Å². The molecule has 0 bridgehead atoms. The van der Waals surface area contributed by atoms with E-state index in [1.54, 1.807) is 54.7 Å². The maximum absolute atomic E-state index is 13.4. The van der Waals surface area contributed by atoms with Crippen LogP contribution >= 0.6 is 22.9 Å². The molecular formula is C23H16ClFN4OS. The Bertz CT molecular complexity index is 1230. The fourth-order valence-electron chi connectivity index (χ4n) is 2.77. The van der Waals surface area contributed by atoms with Gasteiger partial charge in [0.1, 0.15) is 16.5 Å². The smallest absolute Gasteiger partial charge is 0.256 e. The molecular weight excluding hydrogens is 435 g/mol. The molecule has 0 saturated carbocycles. The van der Waals surface area contributed by atoms with Crippen molar-refractivity contribution >= 4 is 45.2 Å². The van der Waals surface area contributed by atoms with Crippen molar-refractivity contribution in [1.82, 2.24) is 4.98 Å². The van der Waals surface area contributed by atoms with E-state index in [2.05, 4.69) is 20.8 Å². The second kappa shape index (κ2) is 9.51. The minimum Gasteiger partial charge on any atom is -0.312 e. The molecule has 0 atom stereocenters. The second-order valence-electron chi connectivity index (χ2n) is 6.45. The van der Waals surface area contributed by atoms with Gasteiger partial charge in [0, 0.05) is 16.1 Å². The Balaban J connectivity index is 1.60. The van der Waals surface area contributed by atoms with E-state index in [9.17, 15) is 9.18 Å². The number of anilines is 2. The minimum absolute atomic E-state index is 0.262. The van der Waals surface area contributed by atoms with Crippen molar-refractivity contribution < 1.29 is 9.18 Å². The van der Waals surface area contributed by atoms with Crippen LogP contribution in [0.5, 0.6) is 0 Å². The predicted octanol–water partition coefficient (Wildman–Crippen LogP) is 6.30. The number of hydrazone groups is 1. The van der Waals surface area contributed by atoms with Crippen LogP contribution in [0.1, 0.15) is 15.9 Å². The summed E-state index contributed by atoms with van der Waals surface area (Å²) in [5.41, 5.74) is 5.42. The van der Waals surface area contributed by atoms with Crippen LogP contribution in [0.3, 0.4) is 0 Å². The Morgan fingerprint density at radius 1 is 1.03 bits per heavy atom. The third kappa shape index (κ3) is 5.33. The molecule has 31 heavy (non-hydrogen) atoms. The first-order valence-corrected chi connectivity index (χ1v) is 10.5. The summed E-state index contributed by atoms with van der Waals surface area (Å²) in [6.07, 6.45) is 1.62. The number of amides is 1. The van der Waals surface area contributed by atoms with Crippen molar-refractivity contribution in [2.75, 3.05) is 10.7 Å². The molecule has 4 rings (SSSR count). The molecule has 4 aromatic rings. The van der Waals surface area contributed by atoms with Gasteiger partial charge in [-0.1, -0.05) is 53.3 Å². The van der Waals surface area contributed by atoms with Gasteiger partial charge in [-0.25, -0.2) is 9.37 Å². The van der Waals surface area contributed by atoms with Crippen LogP contribution in [0.15, 0.2) is 84.0 Å². The summed E-state index contributed by atoms with van der Waals surface area (Å²) in [6.45, 7) is 0. The van der Waals surface area contributed by atoms with Gasteiger partial charge in [-0.3, -0.25) is 10.2 Å². The van der Waals surface area contributed by atoms with Crippen LogP contribution in [0.25, 0.3) is 11.3 Å². The molecule has 0 radical (unpaired) electrons. The monoisotopic (exact) mass is 450 g/mol. The van der Waals surface area contributed by atoms with Crippen molar-refractivity contribution in [1.29, 1.82) is 0 Å². The summed E-state index contributed by atoms with van der Waals surface area (Å²) < 4.78 is 13.4. The maximum Gasteiger partial charge on any atom is 0.256 e. The molecule has 0 fully saturated rings. The number of carbonyl (C=O) groups is 1. The zero-order valence-electron chi connectivity index (χ0n) is 16.0. The first-order chi connectivity index (χ1) is 15.1. The van der Waals surface area contributed by atoms with Crippen molar-refractivity contribution in [3.63, 3.8) is 0 Å². The third-order valence-corrected chi connectivity index (χ3v) is 5.34. The highest BCUT2D eigenvalue weighted by Crippen LogP contribution is 2.36. The largest absolute Gasteiger partial charge is 0.312 e. The highest BCUT2D eigenvalue weighted by molar-refractivity contribution is 7.20. The fraction of sp³-hybridized carbons (Fsp3) is 0. The van der Waals surface area contributed by atoms with Gasteiger partial charge in [-0.2, -0.15) is 5.10 Å². The Morgan fingerprint density at radius 3 is 2.55 bits per heavy atom. The van der Waals surface area contributed by atoms with E-state index in [1.807, 2.05) is 18.2 Å². The van der Waals surface area contributed by atoms with Gasteiger partial charge >= 0.3 is 0 Å². The van der Waals surface area contributed by atoms with E-state index in [0.29, 0.717) is 32.0 Å². The predicted molar refractivity (Wildman–Crippen MR) is 125 cm³/mol. The molecule has 1 amide bonds. The minimum atomic E-state index is -0.349. The molecule has 0 aliphatic carbocycles. The SMILES string of the molecule is O=C(Nc1sc(NN=Cc2cccc(Cl)c2)nc1-c1ccc(F)cc1)c1ccccc1. The van der Waals surface area contributed by atoms with E-state index in [0.717, 1.165) is 5.56 Å². The number of thiazole rings is 1. The average Bonchev–Trinajstić information content (AvgIpc) is 3.17. The lowest BCUT2D eigenvalue weighted by Crippen LogP contribution is -2.11. The number of aromatic nitrogens is 1. The molecule has 1 heterocycles. The molecule has 8 heteroatoms. The van der Waals surface area contributed by atoms with Gasteiger partial charge in [0.05, 0.1) is 6.21 Å². The highest BCUT2D eigenvalue weighted by atomic mass is 35.5. The molecule has 0 saturated heterocycles. The zero-order chi connectivity index (χ0) is 21.6. The summed E-state index contributed by atoms with van der Waals surface area (Å²) in [6, 6.07) is 22.1. The van der Waals surface area contributed by atoms with Crippen LogP contribution in [0, 0.1) is 5.82 Å². The molecule has 0 aliphatic heterocycles. The summed E-state index contributed by atoms with van der Waals surface area (Å²) in [4.78, 5) is 17.2. The summed E-state index contributed by atoms with van der Waals surface area (Å²) in [5, 5.41) is 8.70. The zero-order valence-corrected chi connectivity index (χ0v) is 17.6. The first-order valence-electron chi connectivity index (χ1n) is 9.26. The van der Waals surface area contributed by atoms with Crippen molar-refractivity contribution in [3.8, 4) is 11.3 Å². The number of rotatable bonds is 6. The number of nitrogens with zero attached hydrogens (tertiary/aromatic N) is 2. The highest BCUT2D eigenvalue weighted by Gasteiger charge is 2.16. The van der Waals surface area contributed by atoms with Crippen molar-refractivity contribution in [3.05, 3.63) is 101 Å². The quantitative estimate of drug-likeness (QED) is 0.267. The van der Waals surface area contributed by atoms with Crippen LogP contribution in [0.4, 0.5) is 14.5 Å². The lowest BCUT2D eigenvalue weighted by Gasteiger charge is -2.05. The average molecular weight is 451 g/mol. The van der Waals surface area contributed by atoms with Gasteiger partial charge < -0.3 is 5.32 Å². The summed E-state index contributed by atoms with van der Waals surface area (Å²) in [5.74, 6) is -0.611. The molecule has 2 N–H and O–H groups in total. The topological polar surface area (TPSA) is 66.4 Å². The number of hydrogen-bond acceptors (Lipinski definition) is 5. The number of nitrogens with one attached hydrogen (secondary N) is 2. The number of hydrogen-bond donors (Lipinski definition) is 2. The maximum atomic E-state index is 13.4. The van der Waals surface area contributed by atoms with Gasteiger partial charge in [0.2, 0.25) is 5.13 Å². The molecule has 3 aromatic carbocycles. The molecule has 1 aromatic heterocycles. The van der Waals surface area contributed by atoms with Crippen molar-refractivity contribution in [2.45, 2.75) is 0 Å². The van der Waals surface area contributed by atoms with Gasteiger partial charge in [-0.05, 0) is 54.1 Å². The van der Waals surface area contributed by atoms with E-state index < -0.39 is 0 Å². The van der Waals surface area contributed by atoms with Crippen molar-refractivity contribution in [2.24, 2.45) is 5.10 Å². The van der Waals surface area contributed by atoms with Crippen LogP contribution in [0.2, 0.25) is 5.02 Å². The van der Waals surface area contributed by atoms with Crippen LogP contribution in [-0.4, -0.2) is 17.1 Å². The molecule has 0 aliphatic rings. The Hall–Kier alpha value is -3.55. The van der Waals surface area contributed by atoms with Gasteiger partial charge in [-0.15, -0.1) is 0 Å². The fourth-order valence-corrected chi connectivity index (χ4v) is 3.80. The standard InChI is InChI=1S/C23H16ClFN4OS/c24-18-8-4-5-15(13-18)14-26-29-23-27-20(16-9-11-19(25)12-10-16)22(31-23)28-21(30)17-6-2-1-3-7-17/h1-14H,(H,27,29)(H,28,30). The molecule has 0 spiro atoms. The number of halogens is 2. The molecule has 154 valence electrons. The lowest BCUT2D eigenvalue weighted by molar-refractivity contribution is 0.102. The first kappa shape index (κ1) is 20.7. The third-order valence-electron chi connectivity index (χ3n) is 4.23. The second-order valence-corrected chi connectivity index (χ2v) is 7.88. The van der Waals surface area contributed by atoms with E-state index in [1.165, 1.54) is 23.5 Å². The Kier molecular flexibility index (Phi) is 6.35. The van der Waals surface area contributed by atoms with Crippen LogP contribution in [-0.2, 0) is 0 Å². The Morgan fingerprint density at radius 2 is 1.81 bits per heavy atom. The Labute approximate surface area is 187 Å². The van der Waals surface area contributed by atoms with Gasteiger partial charge in [0.25, 0.3) is 5.91 Å². The van der Waals surface area contributed by atoms with E-state index >= 15 is 0 Å². The molecule has 0 unspecified atom stereocenters. The van der Waals surface area contributed by atoms with Gasteiger partial charge in [0.15, 0.2) is 0 Å². The van der Waals surface area contributed by atoms with Crippen LogP contribution < -0.4 is 10.7 Å². The summed E-state index contributed by atoms with van der Waals surface area (Å²) in [7, 11) is 0. The molecule has 5 nitrogen and oxygen atoms in total. The lowest BCUT2D eigenvalue weighted by atomic mass is 10.1.